The zero-order chi connectivity index (χ0) is 15.9. The number of piperidine rings is 1. The summed E-state index contributed by atoms with van der Waals surface area (Å²) in [7, 11) is -1.78. The molecule has 0 aromatic heterocycles. The SMILES string of the molecule is CNCC1CCN(S(=O)(=O)NCCOCC(F)(F)F)CC1. The highest BCUT2D eigenvalue weighted by molar-refractivity contribution is 7.87. The van der Waals surface area contributed by atoms with Crippen molar-refractivity contribution in [1.82, 2.24) is 14.3 Å². The van der Waals surface area contributed by atoms with Crippen molar-refractivity contribution in [3.63, 3.8) is 0 Å². The molecule has 21 heavy (non-hydrogen) atoms. The van der Waals surface area contributed by atoms with Crippen LogP contribution in [0, 0.1) is 5.92 Å². The standard InChI is InChI=1S/C11H22F3N3O3S/c1-15-8-10-2-5-17(6-3-10)21(18,19)16-4-7-20-9-11(12,13)14/h10,15-16H,2-9H2,1H3. The molecule has 1 saturated heterocycles. The fourth-order valence-corrected chi connectivity index (χ4v) is 3.38. The first kappa shape index (κ1) is 18.6. The number of nitrogens with zero attached hydrogens (tertiary/aromatic N) is 1. The van der Waals surface area contributed by atoms with Gasteiger partial charge in [-0.1, -0.05) is 0 Å². The van der Waals surface area contributed by atoms with Crippen molar-refractivity contribution in [2.45, 2.75) is 19.0 Å². The fourth-order valence-electron chi connectivity index (χ4n) is 2.16. The van der Waals surface area contributed by atoms with Crippen LogP contribution in [0.25, 0.3) is 0 Å². The lowest BCUT2D eigenvalue weighted by molar-refractivity contribution is -0.173. The van der Waals surface area contributed by atoms with E-state index < -0.39 is 23.0 Å². The third kappa shape index (κ3) is 7.41. The molecule has 0 spiro atoms. The van der Waals surface area contributed by atoms with Crippen LogP contribution < -0.4 is 10.0 Å². The largest absolute Gasteiger partial charge is 0.411 e. The Morgan fingerprint density at radius 1 is 1.29 bits per heavy atom. The van der Waals surface area contributed by atoms with Crippen LogP contribution in [0.4, 0.5) is 13.2 Å². The number of hydrogen-bond acceptors (Lipinski definition) is 4. The van der Waals surface area contributed by atoms with Crippen LogP contribution in [0.2, 0.25) is 0 Å². The van der Waals surface area contributed by atoms with Crippen molar-refractivity contribution in [3.8, 4) is 0 Å². The van der Waals surface area contributed by atoms with E-state index in [1.807, 2.05) is 7.05 Å². The van der Waals surface area contributed by atoms with Crippen molar-refractivity contribution in [1.29, 1.82) is 0 Å². The van der Waals surface area contributed by atoms with Gasteiger partial charge < -0.3 is 10.1 Å². The molecule has 6 nitrogen and oxygen atoms in total. The van der Waals surface area contributed by atoms with Crippen LogP contribution in [0.3, 0.4) is 0 Å². The van der Waals surface area contributed by atoms with Crippen molar-refractivity contribution < 1.29 is 26.3 Å². The molecule has 0 amide bonds. The van der Waals surface area contributed by atoms with Gasteiger partial charge in [-0.2, -0.15) is 30.6 Å². The molecule has 1 heterocycles. The predicted octanol–water partition coefficient (Wildman–Crippen LogP) is 0.331. The van der Waals surface area contributed by atoms with Crippen LogP contribution in [0.15, 0.2) is 0 Å². The molecule has 1 aliphatic rings. The number of alkyl halides is 3. The Hall–Kier alpha value is -0.420. The summed E-state index contributed by atoms with van der Waals surface area (Å²) in [5.74, 6) is 0.455. The first-order valence-corrected chi connectivity index (χ1v) is 8.22. The first-order chi connectivity index (χ1) is 9.74. The third-order valence-corrected chi connectivity index (χ3v) is 4.82. The molecular formula is C11H22F3N3O3S. The molecular weight excluding hydrogens is 311 g/mol. The number of halogens is 3. The summed E-state index contributed by atoms with van der Waals surface area (Å²) in [4.78, 5) is 0. The Morgan fingerprint density at radius 3 is 2.43 bits per heavy atom. The topological polar surface area (TPSA) is 70.7 Å². The maximum absolute atomic E-state index is 11.9. The molecule has 0 aliphatic carbocycles. The van der Waals surface area contributed by atoms with E-state index in [0.717, 1.165) is 19.4 Å². The molecule has 1 rings (SSSR count). The Morgan fingerprint density at radius 2 is 1.90 bits per heavy atom. The number of hydrogen-bond donors (Lipinski definition) is 2. The van der Waals surface area contributed by atoms with Crippen molar-refractivity contribution in [2.75, 3.05) is 46.4 Å². The Labute approximate surface area is 123 Å². The van der Waals surface area contributed by atoms with E-state index >= 15 is 0 Å². The zero-order valence-electron chi connectivity index (χ0n) is 11.9. The van der Waals surface area contributed by atoms with E-state index in [-0.39, 0.29) is 13.2 Å². The van der Waals surface area contributed by atoms with E-state index in [9.17, 15) is 21.6 Å². The van der Waals surface area contributed by atoms with Gasteiger partial charge in [0, 0.05) is 19.6 Å². The molecule has 0 aromatic rings. The predicted molar refractivity (Wildman–Crippen MR) is 72.0 cm³/mol. The van der Waals surface area contributed by atoms with Gasteiger partial charge in [0.15, 0.2) is 0 Å². The number of nitrogens with one attached hydrogen (secondary N) is 2. The molecule has 0 radical (unpaired) electrons. The molecule has 0 saturated carbocycles. The van der Waals surface area contributed by atoms with E-state index in [2.05, 4.69) is 14.8 Å². The third-order valence-electron chi connectivity index (χ3n) is 3.20. The van der Waals surface area contributed by atoms with E-state index in [1.165, 1.54) is 4.31 Å². The summed E-state index contributed by atoms with van der Waals surface area (Å²) in [5, 5.41) is 3.06. The summed E-state index contributed by atoms with van der Waals surface area (Å²) in [6, 6.07) is 0. The van der Waals surface area contributed by atoms with Gasteiger partial charge in [0.05, 0.1) is 6.61 Å². The zero-order valence-corrected chi connectivity index (χ0v) is 12.8. The van der Waals surface area contributed by atoms with Gasteiger partial charge in [-0.15, -0.1) is 0 Å². The van der Waals surface area contributed by atoms with E-state index in [4.69, 9.17) is 0 Å². The lowest BCUT2D eigenvalue weighted by Crippen LogP contribution is -2.46. The molecule has 10 heteroatoms. The highest BCUT2D eigenvalue weighted by atomic mass is 32.2. The summed E-state index contributed by atoms with van der Waals surface area (Å²) in [5.41, 5.74) is 0. The lowest BCUT2D eigenvalue weighted by Gasteiger charge is -2.31. The van der Waals surface area contributed by atoms with E-state index in [0.29, 0.717) is 19.0 Å². The van der Waals surface area contributed by atoms with Crippen molar-refractivity contribution in [3.05, 3.63) is 0 Å². The average Bonchev–Trinajstić information content (AvgIpc) is 2.38. The molecule has 126 valence electrons. The minimum atomic E-state index is -4.39. The van der Waals surface area contributed by atoms with E-state index in [1.54, 1.807) is 0 Å². The summed E-state index contributed by atoms with van der Waals surface area (Å²) in [6.07, 6.45) is -2.85. The highest BCUT2D eigenvalue weighted by Crippen LogP contribution is 2.18. The van der Waals surface area contributed by atoms with Crippen LogP contribution in [-0.2, 0) is 14.9 Å². The maximum Gasteiger partial charge on any atom is 0.411 e. The second kappa shape index (κ2) is 8.28. The average molecular weight is 333 g/mol. The van der Waals surface area contributed by atoms with Gasteiger partial charge in [-0.05, 0) is 32.4 Å². The van der Waals surface area contributed by atoms with Crippen LogP contribution in [0.1, 0.15) is 12.8 Å². The Kier molecular flexibility index (Phi) is 7.34. The minimum absolute atomic E-state index is 0.172. The second-order valence-electron chi connectivity index (χ2n) is 4.97. The molecule has 0 unspecified atom stereocenters. The van der Waals surface area contributed by atoms with Gasteiger partial charge in [0.25, 0.3) is 10.2 Å². The van der Waals surface area contributed by atoms with Crippen LogP contribution in [0.5, 0.6) is 0 Å². The lowest BCUT2D eigenvalue weighted by atomic mass is 9.98. The molecule has 1 aliphatic heterocycles. The molecule has 0 bridgehead atoms. The molecule has 1 fully saturated rings. The smallest absolute Gasteiger partial charge is 0.371 e. The van der Waals surface area contributed by atoms with Crippen molar-refractivity contribution >= 4 is 10.2 Å². The Balaban J connectivity index is 2.25. The number of rotatable bonds is 8. The number of ether oxygens (including phenoxy) is 1. The first-order valence-electron chi connectivity index (χ1n) is 6.78. The summed E-state index contributed by atoms with van der Waals surface area (Å²) >= 11 is 0. The van der Waals surface area contributed by atoms with Gasteiger partial charge in [-0.25, -0.2) is 0 Å². The summed E-state index contributed by atoms with van der Waals surface area (Å²) < 4.78 is 67.3. The monoisotopic (exact) mass is 333 g/mol. The van der Waals surface area contributed by atoms with Gasteiger partial charge in [0.2, 0.25) is 0 Å². The quantitative estimate of drug-likeness (QED) is 0.628. The minimum Gasteiger partial charge on any atom is -0.371 e. The maximum atomic E-state index is 11.9. The van der Waals surface area contributed by atoms with Crippen molar-refractivity contribution in [2.24, 2.45) is 5.92 Å². The van der Waals surface area contributed by atoms with Crippen LogP contribution in [-0.4, -0.2) is 65.3 Å². The van der Waals surface area contributed by atoms with Gasteiger partial charge in [0.1, 0.15) is 6.61 Å². The fraction of sp³-hybridized carbons (Fsp3) is 1.00. The Bertz CT molecular complexity index is 395. The molecule has 0 aromatic carbocycles. The second-order valence-corrected chi connectivity index (χ2v) is 6.72. The highest BCUT2D eigenvalue weighted by Gasteiger charge is 2.28. The molecule has 2 N–H and O–H groups in total. The van der Waals surface area contributed by atoms with Crippen LogP contribution >= 0.6 is 0 Å². The van der Waals surface area contributed by atoms with Gasteiger partial charge >= 0.3 is 6.18 Å². The molecule has 0 atom stereocenters. The summed E-state index contributed by atoms with van der Waals surface area (Å²) in [6.45, 7) is -0.156. The van der Waals surface area contributed by atoms with Gasteiger partial charge in [-0.3, -0.25) is 0 Å². The normalized spacial score (nSPS) is 19.0.